The van der Waals surface area contributed by atoms with E-state index in [1.54, 1.807) is 0 Å². The van der Waals surface area contributed by atoms with Crippen LogP contribution in [0.25, 0.3) is 0 Å². The van der Waals surface area contributed by atoms with Crippen molar-refractivity contribution in [2.75, 3.05) is 6.54 Å². The summed E-state index contributed by atoms with van der Waals surface area (Å²) in [5, 5.41) is 16.9. The molecule has 2 saturated carbocycles. The van der Waals surface area contributed by atoms with E-state index < -0.39 is 23.4 Å². The van der Waals surface area contributed by atoms with Gasteiger partial charge in [-0.25, -0.2) is 9.02 Å². The summed E-state index contributed by atoms with van der Waals surface area (Å²) in [7, 11) is 0. The Morgan fingerprint density at radius 2 is 1.86 bits per heavy atom. The van der Waals surface area contributed by atoms with Crippen molar-refractivity contribution < 1.29 is 32.1 Å². The summed E-state index contributed by atoms with van der Waals surface area (Å²) in [6, 6.07) is 4.91. The minimum atomic E-state index is -4.44. The lowest BCUT2D eigenvalue weighted by Gasteiger charge is -2.45. The van der Waals surface area contributed by atoms with E-state index in [0.29, 0.717) is 49.9 Å². The van der Waals surface area contributed by atoms with Crippen LogP contribution in [0, 0.1) is 5.92 Å². The molecule has 0 bridgehead atoms. The van der Waals surface area contributed by atoms with E-state index in [-0.39, 0.29) is 30.8 Å². The number of carboxylic acids is 1. The average molecular weight is 498 g/mol. The minimum Gasteiger partial charge on any atom is -0.481 e. The number of rotatable bonds is 8. The predicted octanol–water partition coefficient (Wildman–Crippen LogP) is 5.99. The largest absolute Gasteiger partial charge is 0.481 e. The van der Waals surface area contributed by atoms with Crippen LogP contribution in [0.4, 0.5) is 17.6 Å². The Morgan fingerprint density at radius 1 is 1.14 bits per heavy atom. The molecule has 0 spiro atoms. The molecule has 2 fully saturated rings. The molecule has 4 rings (SSSR count). The highest BCUT2D eigenvalue weighted by molar-refractivity contribution is 5.67. The van der Waals surface area contributed by atoms with E-state index in [2.05, 4.69) is 10.3 Å². The van der Waals surface area contributed by atoms with Crippen LogP contribution in [-0.2, 0) is 17.5 Å². The Bertz CT molecular complexity index is 959. The smallest absolute Gasteiger partial charge is 0.416 e. The molecule has 6 nitrogen and oxygen atoms in total. The number of hydrogen-bond donors (Lipinski definition) is 1. The van der Waals surface area contributed by atoms with Gasteiger partial charge in [0, 0.05) is 25.6 Å². The van der Waals surface area contributed by atoms with Crippen molar-refractivity contribution in [2.45, 2.75) is 88.1 Å². The Balaban J connectivity index is 1.64. The van der Waals surface area contributed by atoms with Crippen molar-refractivity contribution in [3.8, 4) is 0 Å². The highest BCUT2D eigenvalue weighted by Crippen LogP contribution is 2.43. The SMILES string of the molecule is O=C(O)C[C@@H]1CC[C@@H](N(Cc2cnon2)CC2(F)CCCCC2)[C@H](c2ccc(C(F)(F)F)cc2)C1. The normalized spacial score (nSPS) is 25.0. The van der Waals surface area contributed by atoms with Gasteiger partial charge in [-0.2, -0.15) is 13.2 Å². The molecule has 0 unspecified atom stereocenters. The van der Waals surface area contributed by atoms with Crippen molar-refractivity contribution in [2.24, 2.45) is 5.92 Å². The van der Waals surface area contributed by atoms with E-state index in [1.165, 1.54) is 18.3 Å². The molecule has 2 aromatic rings. The second kappa shape index (κ2) is 10.6. The van der Waals surface area contributed by atoms with Gasteiger partial charge in [-0.05, 0) is 61.6 Å². The first-order valence-corrected chi connectivity index (χ1v) is 12.2. The predicted molar refractivity (Wildman–Crippen MR) is 119 cm³/mol. The quantitative estimate of drug-likeness (QED) is 0.452. The fraction of sp³-hybridized carbons (Fsp3) is 0.640. The lowest BCUT2D eigenvalue weighted by atomic mass is 9.72. The third-order valence-electron chi connectivity index (χ3n) is 7.53. The number of aromatic nitrogens is 2. The monoisotopic (exact) mass is 497 g/mol. The van der Waals surface area contributed by atoms with E-state index in [4.69, 9.17) is 4.63 Å². The second-order valence-corrected chi connectivity index (χ2v) is 10.1. The van der Waals surface area contributed by atoms with Crippen LogP contribution in [-0.4, -0.2) is 44.5 Å². The minimum absolute atomic E-state index is 0.00408. The van der Waals surface area contributed by atoms with Gasteiger partial charge in [0.05, 0.1) is 11.8 Å². The van der Waals surface area contributed by atoms with Gasteiger partial charge in [0.2, 0.25) is 0 Å². The summed E-state index contributed by atoms with van der Waals surface area (Å²) in [6.07, 6.45) is 2.43. The van der Waals surface area contributed by atoms with Gasteiger partial charge in [-0.3, -0.25) is 9.69 Å². The molecule has 1 aromatic carbocycles. The lowest BCUT2D eigenvalue weighted by molar-refractivity contribution is -0.139. The number of alkyl halides is 4. The van der Waals surface area contributed by atoms with Crippen LogP contribution in [0.1, 0.15) is 80.5 Å². The number of hydrogen-bond acceptors (Lipinski definition) is 5. The topological polar surface area (TPSA) is 79.5 Å². The fourth-order valence-electron chi connectivity index (χ4n) is 5.85. The van der Waals surface area contributed by atoms with Crippen LogP contribution in [0.15, 0.2) is 35.1 Å². The lowest BCUT2D eigenvalue weighted by Crippen LogP contribution is -2.49. The zero-order valence-corrected chi connectivity index (χ0v) is 19.5. The van der Waals surface area contributed by atoms with Gasteiger partial charge in [0.15, 0.2) is 0 Å². The first-order valence-electron chi connectivity index (χ1n) is 12.2. The maximum Gasteiger partial charge on any atom is 0.416 e. The summed E-state index contributed by atoms with van der Waals surface area (Å²) >= 11 is 0. The molecule has 0 saturated heterocycles. The van der Waals surface area contributed by atoms with Crippen LogP contribution < -0.4 is 0 Å². The highest BCUT2D eigenvalue weighted by atomic mass is 19.4. The molecule has 10 heteroatoms. The van der Waals surface area contributed by atoms with Crippen molar-refractivity contribution in [1.82, 2.24) is 15.2 Å². The number of halogens is 4. The van der Waals surface area contributed by atoms with E-state index in [9.17, 15) is 23.1 Å². The molecule has 1 N–H and O–H groups in total. The summed E-state index contributed by atoms with van der Waals surface area (Å²) in [5.74, 6) is -1.22. The molecule has 3 atom stereocenters. The highest BCUT2D eigenvalue weighted by Gasteiger charge is 2.41. The number of benzene rings is 1. The molecule has 35 heavy (non-hydrogen) atoms. The van der Waals surface area contributed by atoms with E-state index in [1.807, 2.05) is 4.90 Å². The standard InChI is InChI=1S/C25H31F4N3O3/c26-24(10-2-1-3-11-24)16-32(15-20-14-30-35-31-20)22-9-4-17(13-23(33)34)12-21(22)18-5-7-19(8-6-18)25(27,28)29/h5-8,14,17,21-22H,1-4,9-13,15-16H2,(H,33,34)/t17-,21+,22-/m1/s1. The summed E-state index contributed by atoms with van der Waals surface area (Å²) in [5.41, 5.74) is -0.815. The van der Waals surface area contributed by atoms with Crippen LogP contribution >= 0.6 is 0 Å². The molecular weight excluding hydrogens is 466 g/mol. The number of aliphatic carboxylic acids is 1. The zero-order chi connectivity index (χ0) is 25.1. The molecule has 0 radical (unpaired) electrons. The summed E-state index contributed by atoms with van der Waals surface area (Å²) < 4.78 is 60.1. The maximum absolute atomic E-state index is 15.9. The summed E-state index contributed by atoms with van der Waals surface area (Å²) in [4.78, 5) is 13.4. The van der Waals surface area contributed by atoms with Crippen LogP contribution in [0.2, 0.25) is 0 Å². The van der Waals surface area contributed by atoms with Crippen LogP contribution in [0.5, 0.6) is 0 Å². The number of nitrogens with zero attached hydrogens (tertiary/aromatic N) is 3. The molecule has 1 heterocycles. The molecule has 0 amide bonds. The Labute approximate surface area is 201 Å². The van der Waals surface area contributed by atoms with Crippen molar-refractivity contribution in [3.63, 3.8) is 0 Å². The molecule has 192 valence electrons. The van der Waals surface area contributed by atoms with Gasteiger partial charge in [0.25, 0.3) is 0 Å². The Morgan fingerprint density at radius 3 is 2.46 bits per heavy atom. The van der Waals surface area contributed by atoms with Gasteiger partial charge in [-0.1, -0.05) is 41.7 Å². The van der Waals surface area contributed by atoms with E-state index >= 15 is 4.39 Å². The van der Waals surface area contributed by atoms with Gasteiger partial charge in [0.1, 0.15) is 11.4 Å². The third kappa shape index (κ3) is 6.59. The molecule has 0 aliphatic heterocycles. The van der Waals surface area contributed by atoms with Crippen LogP contribution in [0.3, 0.4) is 0 Å². The van der Waals surface area contributed by atoms with Gasteiger partial charge < -0.3 is 5.11 Å². The molecule has 2 aliphatic rings. The Hall–Kier alpha value is -2.49. The van der Waals surface area contributed by atoms with Crippen molar-refractivity contribution in [3.05, 3.63) is 47.3 Å². The molecule has 1 aromatic heterocycles. The third-order valence-corrected chi connectivity index (χ3v) is 7.53. The van der Waals surface area contributed by atoms with Crippen molar-refractivity contribution >= 4 is 5.97 Å². The maximum atomic E-state index is 15.9. The van der Waals surface area contributed by atoms with Gasteiger partial charge in [-0.15, -0.1) is 0 Å². The van der Waals surface area contributed by atoms with E-state index in [0.717, 1.165) is 31.4 Å². The Kier molecular flexibility index (Phi) is 7.78. The van der Waals surface area contributed by atoms with Crippen molar-refractivity contribution in [1.29, 1.82) is 0 Å². The average Bonchev–Trinajstić information content (AvgIpc) is 3.31. The number of carboxylic acid groups (broad SMARTS) is 1. The second-order valence-electron chi connectivity index (χ2n) is 10.1. The summed E-state index contributed by atoms with van der Waals surface area (Å²) in [6.45, 7) is 0.492. The molecular formula is C25H31F4N3O3. The first kappa shape index (κ1) is 25.6. The fourth-order valence-corrected chi connectivity index (χ4v) is 5.85. The molecule has 2 aliphatic carbocycles. The first-order chi connectivity index (χ1) is 16.6. The zero-order valence-electron chi connectivity index (χ0n) is 19.5. The van der Waals surface area contributed by atoms with Gasteiger partial charge >= 0.3 is 12.1 Å². The number of carbonyl (C=O) groups is 1.